The predicted octanol–water partition coefficient (Wildman–Crippen LogP) is 3.63. The lowest BCUT2D eigenvalue weighted by atomic mass is 10.0. The number of carbonyl (C=O) groups is 3. The molecule has 0 saturated carbocycles. The highest BCUT2D eigenvalue weighted by molar-refractivity contribution is 7.10. The van der Waals surface area contributed by atoms with Gasteiger partial charge >= 0.3 is 5.97 Å². The van der Waals surface area contributed by atoms with Gasteiger partial charge in [0.2, 0.25) is 5.91 Å². The average Bonchev–Trinajstić information content (AvgIpc) is 3.49. The number of hydrogen-bond donors (Lipinski definition) is 2. The van der Waals surface area contributed by atoms with E-state index in [2.05, 4.69) is 15.8 Å². The average molecular weight is 468 g/mol. The Morgan fingerprint density at radius 2 is 1.97 bits per heavy atom. The molecule has 2 aromatic heterocycles. The summed E-state index contributed by atoms with van der Waals surface area (Å²) in [5.74, 6) is -0.246. The van der Waals surface area contributed by atoms with Gasteiger partial charge in [0.25, 0.3) is 5.91 Å². The van der Waals surface area contributed by atoms with Crippen LogP contribution in [0.5, 0.6) is 0 Å². The minimum atomic E-state index is -0.720. The summed E-state index contributed by atoms with van der Waals surface area (Å²) in [5, 5.41) is 8.62. The number of thiophene rings is 1. The number of hydrogen-bond acceptors (Lipinski definition) is 7. The molecule has 0 bridgehead atoms. The Morgan fingerprint density at radius 1 is 1.15 bits per heavy atom. The molecule has 2 N–H and O–H groups in total. The number of benzene rings is 1. The van der Waals surface area contributed by atoms with Crippen LogP contribution < -0.4 is 10.7 Å². The second kappa shape index (κ2) is 11.2. The number of furan rings is 1. The zero-order valence-electron chi connectivity index (χ0n) is 18.5. The van der Waals surface area contributed by atoms with Crippen molar-refractivity contribution in [3.63, 3.8) is 0 Å². The van der Waals surface area contributed by atoms with E-state index in [1.165, 1.54) is 24.7 Å². The molecule has 8 nitrogen and oxygen atoms in total. The summed E-state index contributed by atoms with van der Waals surface area (Å²) < 4.78 is 10.5. The van der Waals surface area contributed by atoms with Crippen LogP contribution in [0.1, 0.15) is 34.8 Å². The molecule has 0 aliphatic carbocycles. The largest absolute Gasteiger partial charge is 0.465 e. The summed E-state index contributed by atoms with van der Waals surface area (Å²) >= 11 is 1.49. The summed E-state index contributed by atoms with van der Waals surface area (Å²) in [6, 6.07) is 13.3. The molecule has 0 aliphatic rings. The van der Waals surface area contributed by atoms with Gasteiger partial charge in [0.15, 0.2) is 0 Å². The Bertz CT molecular complexity index is 1130. The molecule has 1 atom stereocenters. The number of nitrogens with one attached hydrogen (secondary N) is 2. The van der Waals surface area contributed by atoms with Gasteiger partial charge in [-0.2, -0.15) is 5.10 Å². The number of hydrazone groups is 1. The molecular weight excluding hydrogens is 442 g/mol. The molecular formula is C24H25N3O5S. The van der Waals surface area contributed by atoms with Crippen molar-refractivity contribution in [3.05, 3.63) is 70.1 Å². The molecule has 0 aliphatic heterocycles. The van der Waals surface area contributed by atoms with Gasteiger partial charge in [-0.15, -0.1) is 11.3 Å². The Morgan fingerprint density at radius 3 is 2.67 bits per heavy atom. The number of carbonyl (C=O) groups excluding carboxylic acids is 3. The third-order valence-electron chi connectivity index (χ3n) is 4.74. The maximum atomic E-state index is 12.6. The molecule has 2 heterocycles. The molecule has 0 spiro atoms. The van der Waals surface area contributed by atoms with E-state index in [1.807, 2.05) is 31.4 Å². The van der Waals surface area contributed by atoms with Crippen molar-refractivity contribution in [2.75, 3.05) is 7.11 Å². The van der Waals surface area contributed by atoms with Crippen LogP contribution in [0.3, 0.4) is 0 Å². The molecule has 0 saturated heterocycles. The van der Waals surface area contributed by atoms with E-state index in [1.54, 1.807) is 36.4 Å². The monoisotopic (exact) mass is 467 g/mol. The summed E-state index contributed by atoms with van der Waals surface area (Å²) in [6.07, 6.45) is 1.60. The van der Waals surface area contributed by atoms with Gasteiger partial charge in [0.1, 0.15) is 17.6 Å². The fourth-order valence-corrected chi connectivity index (χ4v) is 3.76. The highest BCUT2D eigenvalue weighted by Crippen LogP contribution is 2.23. The van der Waals surface area contributed by atoms with Crippen molar-refractivity contribution in [2.24, 2.45) is 11.0 Å². The van der Waals surface area contributed by atoms with Gasteiger partial charge < -0.3 is 14.5 Å². The first-order valence-electron chi connectivity index (χ1n) is 10.3. The summed E-state index contributed by atoms with van der Waals surface area (Å²) in [5.41, 5.74) is 3.57. The minimum absolute atomic E-state index is 0.121. The van der Waals surface area contributed by atoms with E-state index < -0.39 is 17.9 Å². The molecule has 3 rings (SSSR count). The van der Waals surface area contributed by atoms with Crippen LogP contribution >= 0.6 is 11.3 Å². The van der Waals surface area contributed by atoms with E-state index in [0.29, 0.717) is 22.6 Å². The summed E-state index contributed by atoms with van der Waals surface area (Å²) in [4.78, 5) is 37.5. The van der Waals surface area contributed by atoms with E-state index in [0.717, 1.165) is 4.88 Å². The van der Waals surface area contributed by atoms with Crippen molar-refractivity contribution in [1.29, 1.82) is 0 Å². The van der Waals surface area contributed by atoms with Gasteiger partial charge in [0.05, 0.1) is 25.3 Å². The van der Waals surface area contributed by atoms with Crippen molar-refractivity contribution in [3.8, 4) is 11.3 Å². The van der Waals surface area contributed by atoms with Gasteiger partial charge in [-0.25, -0.2) is 10.2 Å². The third-order valence-corrected chi connectivity index (χ3v) is 5.62. The van der Waals surface area contributed by atoms with Gasteiger partial charge in [-0.1, -0.05) is 32.0 Å². The number of amides is 2. The van der Waals surface area contributed by atoms with Crippen LogP contribution in [0.4, 0.5) is 0 Å². The molecule has 0 unspecified atom stereocenters. The lowest BCUT2D eigenvalue weighted by Crippen LogP contribution is -2.49. The molecule has 0 fully saturated rings. The molecule has 0 radical (unpaired) electrons. The van der Waals surface area contributed by atoms with Crippen LogP contribution in [0.15, 0.2) is 63.4 Å². The molecule has 3 aromatic rings. The van der Waals surface area contributed by atoms with Gasteiger partial charge in [0, 0.05) is 10.4 Å². The van der Waals surface area contributed by atoms with Crippen molar-refractivity contribution < 1.29 is 23.5 Å². The van der Waals surface area contributed by atoms with Crippen LogP contribution in [-0.2, 0) is 20.7 Å². The number of esters is 1. The van der Waals surface area contributed by atoms with E-state index in [-0.39, 0.29) is 18.2 Å². The van der Waals surface area contributed by atoms with Crippen molar-refractivity contribution in [2.45, 2.75) is 26.3 Å². The lowest BCUT2D eigenvalue weighted by Gasteiger charge is -2.20. The number of methoxy groups -OCH3 is 1. The summed E-state index contributed by atoms with van der Waals surface area (Å²) in [6.45, 7) is 3.70. The topological polar surface area (TPSA) is 110 Å². The first-order chi connectivity index (χ1) is 15.9. The number of nitrogens with zero attached hydrogens (tertiary/aromatic N) is 1. The lowest BCUT2D eigenvalue weighted by molar-refractivity contribution is -0.129. The second-order valence-electron chi connectivity index (χ2n) is 7.55. The molecule has 9 heteroatoms. The first kappa shape index (κ1) is 23.9. The highest BCUT2D eigenvalue weighted by atomic mass is 32.1. The van der Waals surface area contributed by atoms with E-state index >= 15 is 0 Å². The SMILES string of the molecule is COC(=O)c1cccc(-c2ccc(/C=N\NC(=O)[C@H](NC(=O)Cc3cccs3)C(C)C)o2)c1. The number of rotatable bonds is 9. The number of ether oxygens (including phenoxy) is 1. The highest BCUT2D eigenvalue weighted by Gasteiger charge is 2.24. The van der Waals surface area contributed by atoms with E-state index in [4.69, 9.17) is 9.15 Å². The fraction of sp³-hybridized carbons (Fsp3) is 0.250. The zero-order valence-corrected chi connectivity index (χ0v) is 19.3. The van der Waals surface area contributed by atoms with Crippen LogP contribution in [0.25, 0.3) is 11.3 Å². The van der Waals surface area contributed by atoms with Gasteiger partial charge in [-0.05, 0) is 41.6 Å². The smallest absolute Gasteiger partial charge is 0.337 e. The van der Waals surface area contributed by atoms with Crippen LogP contribution in [0.2, 0.25) is 0 Å². The fourth-order valence-electron chi connectivity index (χ4n) is 3.05. The van der Waals surface area contributed by atoms with Crippen molar-refractivity contribution >= 4 is 35.3 Å². The third kappa shape index (κ3) is 6.63. The molecule has 2 amide bonds. The standard InChI is InChI=1S/C24H25N3O5S/c1-15(2)22(26-21(28)13-19-8-5-11-33-19)23(29)27-25-14-18-9-10-20(32-18)16-6-4-7-17(12-16)24(30)31-3/h4-12,14-15,22H,13H2,1-3H3,(H,26,28)(H,27,29)/b25-14-/t22-/m1/s1. The second-order valence-corrected chi connectivity index (χ2v) is 8.59. The first-order valence-corrected chi connectivity index (χ1v) is 11.2. The van der Waals surface area contributed by atoms with Crippen molar-refractivity contribution in [1.82, 2.24) is 10.7 Å². The summed E-state index contributed by atoms with van der Waals surface area (Å²) in [7, 11) is 1.32. The Hall–Kier alpha value is -3.72. The molecule has 1 aromatic carbocycles. The zero-order chi connectivity index (χ0) is 23.8. The van der Waals surface area contributed by atoms with E-state index in [9.17, 15) is 14.4 Å². The van der Waals surface area contributed by atoms with Crippen LogP contribution in [0, 0.1) is 5.92 Å². The maximum Gasteiger partial charge on any atom is 0.337 e. The van der Waals surface area contributed by atoms with Gasteiger partial charge in [-0.3, -0.25) is 9.59 Å². The molecule has 33 heavy (non-hydrogen) atoms. The minimum Gasteiger partial charge on any atom is -0.465 e. The quantitative estimate of drug-likeness (QED) is 0.284. The Kier molecular flexibility index (Phi) is 8.15. The maximum absolute atomic E-state index is 12.6. The molecule has 172 valence electrons. The predicted molar refractivity (Wildman–Crippen MR) is 126 cm³/mol. The van der Waals surface area contributed by atoms with Crippen LogP contribution in [-0.4, -0.2) is 37.1 Å². The Labute approximate surface area is 195 Å². The normalized spacial score (nSPS) is 12.0. The Balaban J connectivity index is 1.59.